The summed E-state index contributed by atoms with van der Waals surface area (Å²) in [7, 11) is 3.71. The van der Waals surface area contributed by atoms with E-state index in [2.05, 4.69) is 25.2 Å². The number of aromatic amines is 1. The van der Waals surface area contributed by atoms with Crippen LogP contribution in [-0.2, 0) is 6.54 Å². The van der Waals surface area contributed by atoms with Gasteiger partial charge in [0, 0.05) is 50.6 Å². The van der Waals surface area contributed by atoms with E-state index in [0.29, 0.717) is 17.2 Å². The van der Waals surface area contributed by atoms with Gasteiger partial charge in [-0.25, -0.2) is 4.98 Å². The number of amides is 1. The zero-order chi connectivity index (χ0) is 20.4. The van der Waals surface area contributed by atoms with Gasteiger partial charge in [-0.15, -0.1) is 0 Å². The summed E-state index contributed by atoms with van der Waals surface area (Å²) in [6.07, 6.45) is 2.25. The molecule has 1 amide bonds. The molecule has 0 bridgehead atoms. The highest BCUT2D eigenvalue weighted by molar-refractivity contribution is 5.95. The number of carbonyl (C=O) groups is 1. The van der Waals surface area contributed by atoms with Crippen molar-refractivity contribution in [1.29, 1.82) is 0 Å². The lowest BCUT2D eigenvalue weighted by atomic mass is 10.1. The molecular formula is C20H28N6O2. The molecule has 0 aromatic carbocycles. The van der Waals surface area contributed by atoms with Crippen molar-refractivity contribution in [2.24, 2.45) is 0 Å². The van der Waals surface area contributed by atoms with E-state index in [9.17, 15) is 9.59 Å². The number of pyridine rings is 1. The molecule has 0 saturated carbocycles. The van der Waals surface area contributed by atoms with Crippen molar-refractivity contribution in [3.63, 3.8) is 0 Å². The van der Waals surface area contributed by atoms with Crippen LogP contribution in [0, 0.1) is 20.8 Å². The number of aryl methyl sites for hydroxylation is 2. The Kier molecular flexibility index (Phi) is 5.67. The fraction of sp³-hybridized carbons (Fsp3) is 0.500. The lowest BCUT2D eigenvalue weighted by molar-refractivity contribution is 0.0945. The molecule has 28 heavy (non-hydrogen) atoms. The maximum atomic E-state index is 12.9. The van der Waals surface area contributed by atoms with Crippen molar-refractivity contribution in [1.82, 2.24) is 20.3 Å². The second kappa shape index (κ2) is 8.00. The average molecular weight is 384 g/mol. The first kappa shape index (κ1) is 19.9. The maximum Gasteiger partial charge on any atom is 0.270 e. The largest absolute Gasteiger partial charge is 0.356 e. The summed E-state index contributed by atoms with van der Waals surface area (Å²) in [4.78, 5) is 41.0. The van der Waals surface area contributed by atoms with Crippen LogP contribution in [0.5, 0.6) is 0 Å². The normalized spacial score (nSPS) is 13.7. The van der Waals surface area contributed by atoms with Gasteiger partial charge in [0.05, 0.1) is 0 Å². The Labute approximate surface area is 165 Å². The molecule has 8 heteroatoms. The highest BCUT2D eigenvalue weighted by atomic mass is 16.2. The smallest absolute Gasteiger partial charge is 0.270 e. The molecule has 2 N–H and O–H groups in total. The quantitative estimate of drug-likeness (QED) is 0.815. The predicted molar refractivity (Wildman–Crippen MR) is 110 cm³/mol. The molecule has 150 valence electrons. The molecule has 2 aromatic heterocycles. The van der Waals surface area contributed by atoms with Crippen molar-refractivity contribution < 1.29 is 4.79 Å². The minimum atomic E-state index is -0.303. The first-order chi connectivity index (χ1) is 13.3. The van der Waals surface area contributed by atoms with E-state index in [-0.39, 0.29) is 18.0 Å². The minimum absolute atomic E-state index is 0.153. The number of anilines is 2. The number of rotatable bonds is 5. The number of hydrogen-bond donors (Lipinski definition) is 2. The summed E-state index contributed by atoms with van der Waals surface area (Å²) in [6, 6.07) is 1.90. The molecular weight excluding hydrogens is 356 g/mol. The number of aromatic nitrogens is 3. The third-order valence-corrected chi connectivity index (χ3v) is 5.05. The Morgan fingerprint density at radius 2 is 1.89 bits per heavy atom. The Morgan fingerprint density at radius 1 is 1.21 bits per heavy atom. The van der Waals surface area contributed by atoms with Crippen LogP contribution in [0.15, 0.2) is 10.9 Å². The molecule has 1 fully saturated rings. The lowest BCUT2D eigenvalue weighted by Crippen LogP contribution is -2.31. The second-order valence-electron chi connectivity index (χ2n) is 7.54. The van der Waals surface area contributed by atoms with E-state index >= 15 is 0 Å². The van der Waals surface area contributed by atoms with Gasteiger partial charge in [0.1, 0.15) is 11.5 Å². The van der Waals surface area contributed by atoms with Gasteiger partial charge in [-0.2, -0.15) is 4.98 Å². The van der Waals surface area contributed by atoms with Crippen LogP contribution in [0.4, 0.5) is 11.8 Å². The van der Waals surface area contributed by atoms with Crippen molar-refractivity contribution in [2.75, 3.05) is 37.0 Å². The van der Waals surface area contributed by atoms with Crippen molar-refractivity contribution in [3.05, 3.63) is 44.5 Å². The van der Waals surface area contributed by atoms with Gasteiger partial charge in [-0.1, -0.05) is 0 Å². The maximum absolute atomic E-state index is 12.9. The molecule has 0 spiro atoms. The van der Waals surface area contributed by atoms with Crippen LogP contribution < -0.4 is 20.7 Å². The number of carbonyl (C=O) groups excluding carboxylic acids is 1. The standard InChI is InChI=1S/C20H28N6O2/c1-12-10-13(2)22-18(27)15(12)11-21-19(28)16-14(3)17(26-8-6-7-9-26)24-20(23-16)25(4)5/h10H,6-9,11H2,1-5H3,(H,21,28)(H,22,27). The Balaban J connectivity index is 1.89. The third kappa shape index (κ3) is 4.00. The van der Waals surface area contributed by atoms with E-state index in [1.807, 2.05) is 40.9 Å². The van der Waals surface area contributed by atoms with Crippen LogP contribution in [-0.4, -0.2) is 48.0 Å². The molecule has 3 heterocycles. The fourth-order valence-electron chi connectivity index (χ4n) is 3.50. The molecule has 3 rings (SSSR count). The monoisotopic (exact) mass is 384 g/mol. The fourth-order valence-corrected chi connectivity index (χ4v) is 3.50. The third-order valence-electron chi connectivity index (χ3n) is 5.05. The highest BCUT2D eigenvalue weighted by Crippen LogP contribution is 2.26. The molecule has 0 atom stereocenters. The van der Waals surface area contributed by atoms with Gasteiger partial charge in [0.15, 0.2) is 0 Å². The number of H-pyrrole nitrogens is 1. The van der Waals surface area contributed by atoms with Crippen LogP contribution in [0.25, 0.3) is 0 Å². The first-order valence-electron chi connectivity index (χ1n) is 9.56. The van der Waals surface area contributed by atoms with E-state index in [1.165, 1.54) is 0 Å². The molecule has 2 aromatic rings. The molecule has 8 nitrogen and oxygen atoms in total. The van der Waals surface area contributed by atoms with Gasteiger partial charge in [-0.05, 0) is 45.2 Å². The predicted octanol–water partition coefficient (Wildman–Crippen LogP) is 1.69. The molecule has 0 aliphatic carbocycles. The number of hydrogen-bond acceptors (Lipinski definition) is 6. The van der Waals surface area contributed by atoms with Gasteiger partial charge < -0.3 is 20.1 Å². The Hall–Kier alpha value is -2.90. The van der Waals surface area contributed by atoms with Crippen molar-refractivity contribution in [3.8, 4) is 0 Å². The van der Waals surface area contributed by atoms with Crippen molar-refractivity contribution in [2.45, 2.75) is 40.2 Å². The summed E-state index contributed by atoms with van der Waals surface area (Å²) in [5, 5.41) is 2.85. The zero-order valence-corrected chi connectivity index (χ0v) is 17.2. The molecule has 1 saturated heterocycles. The second-order valence-corrected chi connectivity index (χ2v) is 7.54. The lowest BCUT2D eigenvalue weighted by Gasteiger charge is -2.22. The van der Waals surface area contributed by atoms with E-state index < -0.39 is 0 Å². The van der Waals surface area contributed by atoms with E-state index in [4.69, 9.17) is 0 Å². The van der Waals surface area contributed by atoms with Crippen molar-refractivity contribution >= 4 is 17.7 Å². The number of nitrogens with one attached hydrogen (secondary N) is 2. The van der Waals surface area contributed by atoms with E-state index in [0.717, 1.165) is 48.6 Å². The number of nitrogens with zero attached hydrogens (tertiary/aromatic N) is 4. The van der Waals surface area contributed by atoms with Gasteiger partial charge in [-0.3, -0.25) is 9.59 Å². The minimum Gasteiger partial charge on any atom is -0.356 e. The Bertz CT molecular complexity index is 944. The van der Waals surface area contributed by atoms with Crippen LogP contribution in [0.1, 0.15) is 45.7 Å². The first-order valence-corrected chi connectivity index (χ1v) is 9.56. The molecule has 0 unspecified atom stereocenters. The van der Waals surface area contributed by atoms with E-state index in [1.54, 1.807) is 4.90 Å². The van der Waals surface area contributed by atoms with Gasteiger partial charge >= 0.3 is 0 Å². The van der Waals surface area contributed by atoms with Crippen LogP contribution >= 0.6 is 0 Å². The molecule has 1 aliphatic heterocycles. The summed E-state index contributed by atoms with van der Waals surface area (Å²) >= 11 is 0. The summed E-state index contributed by atoms with van der Waals surface area (Å²) in [5.74, 6) is 1.01. The molecule has 0 radical (unpaired) electrons. The Morgan fingerprint density at radius 3 is 2.50 bits per heavy atom. The van der Waals surface area contributed by atoms with Gasteiger partial charge in [0.25, 0.3) is 11.5 Å². The summed E-state index contributed by atoms with van der Waals surface area (Å²) in [6.45, 7) is 7.61. The summed E-state index contributed by atoms with van der Waals surface area (Å²) < 4.78 is 0. The average Bonchev–Trinajstić information content (AvgIpc) is 3.15. The summed E-state index contributed by atoms with van der Waals surface area (Å²) in [5.41, 5.74) is 3.14. The highest BCUT2D eigenvalue weighted by Gasteiger charge is 2.23. The SMILES string of the molecule is Cc1cc(C)c(CNC(=O)c2nc(N(C)C)nc(N3CCCC3)c2C)c(=O)[nH]1. The molecule has 1 aliphatic rings. The van der Waals surface area contributed by atoms with Crippen LogP contribution in [0.3, 0.4) is 0 Å². The van der Waals surface area contributed by atoms with Crippen LogP contribution in [0.2, 0.25) is 0 Å². The zero-order valence-electron chi connectivity index (χ0n) is 17.2. The topological polar surface area (TPSA) is 94.2 Å². The van der Waals surface area contributed by atoms with Gasteiger partial charge in [0.2, 0.25) is 5.95 Å².